The van der Waals surface area contributed by atoms with Gasteiger partial charge in [-0.15, -0.1) is 0 Å². The van der Waals surface area contributed by atoms with Gasteiger partial charge in [-0.05, 0) is 48.0 Å². The van der Waals surface area contributed by atoms with E-state index in [2.05, 4.69) is 9.93 Å². The molecule has 0 aliphatic carbocycles. The minimum absolute atomic E-state index is 0.0983. The Morgan fingerprint density at radius 2 is 1.66 bits per heavy atom. The summed E-state index contributed by atoms with van der Waals surface area (Å²) in [5.74, 6) is -0.235. The molecule has 0 saturated heterocycles. The number of benzene rings is 4. The Balaban J connectivity index is 1.67. The number of rotatable bonds is 6. The van der Waals surface area contributed by atoms with E-state index in [4.69, 9.17) is 4.74 Å². The van der Waals surface area contributed by atoms with Crippen LogP contribution in [-0.2, 0) is 10.0 Å². The zero-order chi connectivity index (χ0) is 22.6. The van der Waals surface area contributed by atoms with Gasteiger partial charge in [0.15, 0.2) is 0 Å². The fraction of sp³-hybridized carbons (Fsp3) is 0.0400. The third-order valence-electron chi connectivity index (χ3n) is 4.81. The Morgan fingerprint density at radius 1 is 0.906 bits per heavy atom. The number of hydrogen-bond donors (Lipinski definition) is 1. The van der Waals surface area contributed by atoms with Gasteiger partial charge >= 0.3 is 5.97 Å². The molecule has 0 amide bonds. The van der Waals surface area contributed by atoms with Crippen LogP contribution in [0.3, 0.4) is 0 Å². The lowest BCUT2D eigenvalue weighted by Gasteiger charge is -2.11. The predicted octanol–water partition coefficient (Wildman–Crippen LogP) is 4.68. The normalized spacial score (nSPS) is 11.5. The van der Waals surface area contributed by atoms with E-state index in [1.807, 2.05) is 43.3 Å². The molecule has 0 aliphatic heterocycles. The van der Waals surface area contributed by atoms with Crippen LogP contribution < -0.4 is 9.57 Å². The molecule has 6 nitrogen and oxygen atoms in total. The summed E-state index contributed by atoms with van der Waals surface area (Å²) in [6, 6.07) is 26.0. The smallest absolute Gasteiger partial charge is 0.343 e. The van der Waals surface area contributed by atoms with Crippen LogP contribution in [0.5, 0.6) is 5.75 Å². The van der Waals surface area contributed by atoms with Crippen LogP contribution >= 0.6 is 0 Å². The molecule has 0 fully saturated rings. The highest BCUT2D eigenvalue weighted by molar-refractivity contribution is 7.89. The maximum Gasteiger partial charge on any atom is 0.343 e. The average Bonchev–Trinajstić information content (AvgIpc) is 2.80. The topological polar surface area (TPSA) is 84.8 Å². The number of nitrogens with one attached hydrogen (secondary N) is 1. The van der Waals surface area contributed by atoms with Crippen molar-refractivity contribution in [3.63, 3.8) is 0 Å². The first-order valence-corrected chi connectivity index (χ1v) is 11.3. The maximum absolute atomic E-state index is 12.7. The monoisotopic (exact) mass is 444 g/mol. The Hall–Kier alpha value is -3.97. The molecule has 7 heteroatoms. The van der Waals surface area contributed by atoms with Crippen molar-refractivity contribution in [3.05, 3.63) is 108 Å². The zero-order valence-corrected chi connectivity index (χ0v) is 18.0. The first-order valence-electron chi connectivity index (χ1n) is 9.84. The third-order valence-corrected chi connectivity index (χ3v) is 6.05. The number of esters is 1. The van der Waals surface area contributed by atoms with Crippen LogP contribution in [0.2, 0.25) is 0 Å². The van der Waals surface area contributed by atoms with Crippen LogP contribution in [0.4, 0.5) is 0 Å². The summed E-state index contributed by atoms with van der Waals surface area (Å²) in [6.45, 7) is 1.89. The van der Waals surface area contributed by atoms with Crippen molar-refractivity contribution in [2.75, 3.05) is 0 Å². The molecule has 0 atom stereocenters. The lowest BCUT2D eigenvalue weighted by Crippen LogP contribution is -2.18. The van der Waals surface area contributed by atoms with Gasteiger partial charge < -0.3 is 4.74 Å². The average molecular weight is 445 g/mol. The van der Waals surface area contributed by atoms with E-state index in [1.54, 1.807) is 42.5 Å². The first-order chi connectivity index (χ1) is 15.4. The van der Waals surface area contributed by atoms with Crippen molar-refractivity contribution in [1.29, 1.82) is 0 Å². The van der Waals surface area contributed by atoms with Crippen molar-refractivity contribution >= 4 is 33.0 Å². The van der Waals surface area contributed by atoms with Crippen molar-refractivity contribution in [3.8, 4) is 5.75 Å². The highest BCUT2D eigenvalue weighted by atomic mass is 32.2. The minimum Gasteiger partial charge on any atom is -0.422 e. The molecule has 4 rings (SSSR count). The SMILES string of the molecule is Cc1cccc(C(=O)Oc2ccc3ccccc3c2C=NNS(=O)(=O)c2ccccc2)c1. The van der Waals surface area contributed by atoms with E-state index in [0.29, 0.717) is 11.1 Å². The lowest BCUT2D eigenvalue weighted by molar-refractivity contribution is 0.0734. The number of hydrazone groups is 1. The highest BCUT2D eigenvalue weighted by Crippen LogP contribution is 2.27. The lowest BCUT2D eigenvalue weighted by atomic mass is 10.0. The predicted molar refractivity (Wildman–Crippen MR) is 124 cm³/mol. The van der Waals surface area contributed by atoms with E-state index >= 15 is 0 Å². The van der Waals surface area contributed by atoms with Crippen LogP contribution in [0, 0.1) is 6.92 Å². The van der Waals surface area contributed by atoms with Crippen LogP contribution in [-0.4, -0.2) is 20.6 Å². The van der Waals surface area contributed by atoms with Gasteiger partial charge in [0.2, 0.25) is 0 Å². The van der Waals surface area contributed by atoms with Crippen molar-refractivity contribution < 1.29 is 17.9 Å². The van der Waals surface area contributed by atoms with E-state index in [-0.39, 0.29) is 10.6 Å². The van der Waals surface area contributed by atoms with Crippen molar-refractivity contribution in [2.45, 2.75) is 11.8 Å². The number of nitrogens with zero attached hydrogens (tertiary/aromatic N) is 1. The minimum atomic E-state index is -3.82. The van der Waals surface area contributed by atoms with E-state index in [1.165, 1.54) is 18.3 Å². The number of carbonyl (C=O) groups excluding carboxylic acids is 1. The zero-order valence-electron chi connectivity index (χ0n) is 17.2. The van der Waals surface area contributed by atoms with Crippen molar-refractivity contribution in [2.24, 2.45) is 5.10 Å². The number of aryl methyl sites for hydroxylation is 1. The second-order valence-electron chi connectivity index (χ2n) is 7.12. The highest BCUT2D eigenvalue weighted by Gasteiger charge is 2.15. The molecule has 160 valence electrons. The molecule has 0 heterocycles. The summed E-state index contributed by atoms with van der Waals surface area (Å²) in [7, 11) is -3.82. The number of hydrogen-bond acceptors (Lipinski definition) is 5. The summed E-state index contributed by atoms with van der Waals surface area (Å²) in [4.78, 5) is 15.0. The molecule has 32 heavy (non-hydrogen) atoms. The van der Waals surface area contributed by atoms with Gasteiger partial charge in [-0.2, -0.15) is 13.5 Å². The largest absolute Gasteiger partial charge is 0.422 e. The van der Waals surface area contributed by atoms with Crippen LogP contribution in [0.25, 0.3) is 10.8 Å². The summed E-state index contributed by atoms with van der Waals surface area (Å²) >= 11 is 0. The van der Waals surface area contributed by atoms with Gasteiger partial charge in [0.1, 0.15) is 5.75 Å². The molecular weight excluding hydrogens is 424 g/mol. The molecule has 0 spiro atoms. The molecule has 1 N–H and O–H groups in total. The Kier molecular flexibility index (Phi) is 6.00. The quantitative estimate of drug-likeness (QED) is 0.203. The fourth-order valence-electron chi connectivity index (χ4n) is 3.24. The van der Waals surface area contributed by atoms with Crippen LogP contribution in [0.1, 0.15) is 21.5 Å². The first kappa shape index (κ1) is 21.3. The molecule has 0 aromatic heterocycles. The summed E-state index contributed by atoms with van der Waals surface area (Å²) in [5, 5.41) is 5.61. The Labute approximate surface area is 186 Å². The molecule has 4 aromatic carbocycles. The molecular formula is C25H20N2O4S. The second kappa shape index (κ2) is 9.03. The summed E-state index contributed by atoms with van der Waals surface area (Å²) in [5.41, 5.74) is 1.85. The number of carbonyl (C=O) groups is 1. The van der Waals surface area contributed by atoms with Crippen molar-refractivity contribution in [1.82, 2.24) is 4.83 Å². The van der Waals surface area contributed by atoms with Gasteiger partial charge in [-0.1, -0.05) is 66.2 Å². The van der Waals surface area contributed by atoms with Gasteiger partial charge in [0.05, 0.1) is 16.7 Å². The van der Waals surface area contributed by atoms with E-state index in [9.17, 15) is 13.2 Å². The molecule has 0 aliphatic rings. The van der Waals surface area contributed by atoms with Gasteiger partial charge in [0.25, 0.3) is 10.0 Å². The summed E-state index contributed by atoms with van der Waals surface area (Å²) < 4.78 is 30.6. The van der Waals surface area contributed by atoms with Gasteiger partial charge in [-0.3, -0.25) is 0 Å². The Morgan fingerprint density at radius 3 is 2.44 bits per heavy atom. The molecule has 0 unspecified atom stereocenters. The second-order valence-corrected chi connectivity index (χ2v) is 8.78. The van der Waals surface area contributed by atoms with Gasteiger partial charge in [-0.25, -0.2) is 9.63 Å². The molecule has 0 saturated carbocycles. The van der Waals surface area contributed by atoms with E-state index < -0.39 is 16.0 Å². The number of ether oxygens (including phenoxy) is 1. The summed E-state index contributed by atoms with van der Waals surface area (Å²) in [6.07, 6.45) is 1.35. The standard InChI is InChI=1S/C25H20N2O4S/c1-18-8-7-10-20(16-18)25(28)31-24-15-14-19-9-5-6-13-22(19)23(24)17-26-27-32(29,30)21-11-3-2-4-12-21/h2-17,27H,1H3. The number of sulfonamides is 1. The molecule has 0 bridgehead atoms. The van der Waals surface area contributed by atoms with Gasteiger partial charge in [0, 0.05) is 5.56 Å². The number of fused-ring (bicyclic) bond motifs is 1. The Bertz CT molecular complexity index is 1410. The fourth-order valence-corrected chi connectivity index (χ4v) is 4.05. The maximum atomic E-state index is 12.7. The molecule has 4 aromatic rings. The molecule has 0 radical (unpaired) electrons. The van der Waals surface area contributed by atoms with Crippen LogP contribution in [0.15, 0.2) is 101 Å². The van der Waals surface area contributed by atoms with E-state index in [0.717, 1.165) is 16.3 Å². The third kappa shape index (κ3) is 4.68.